The van der Waals surface area contributed by atoms with E-state index in [4.69, 9.17) is 14.2 Å². The number of nitrogens with one attached hydrogen (secondary N) is 1. The largest absolute Gasteiger partial charge is 0.493 e. The van der Waals surface area contributed by atoms with Crippen LogP contribution >= 0.6 is 0 Å². The molecule has 1 amide bonds. The molecule has 2 aromatic carbocycles. The van der Waals surface area contributed by atoms with Crippen molar-refractivity contribution in [1.82, 2.24) is 14.8 Å². The Kier molecular flexibility index (Phi) is 6.64. The fraction of sp³-hybridized carbons (Fsp3) is 0.154. The summed E-state index contributed by atoms with van der Waals surface area (Å²) in [5.74, 6) is 1.66. The van der Waals surface area contributed by atoms with E-state index in [2.05, 4.69) is 21.5 Å². The van der Waals surface area contributed by atoms with Crippen LogP contribution in [-0.2, 0) is 4.79 Å². The van der Waals surface area contributed by atoms with Crippen LogP contribution in [0.5, 0.6) is 17.2 Å². The number of nitrogens with zero attached hydrogens (tertiary/aromatic N) is 4. The van der Waals surface area contributed by atoms with Crippen molar-refractivity contribution in [2.45, 2.75) is 6.92 Å². The molecule has 1 N–H and O–H groups in total. The highest BCUT2D eigenvalue weighted by atomic mass is 16.5. The van der Waals surface area contributed by atoms with E-state index in [1.165, 1.54) is 38.3 Å². The molecule has 0 aliphatic heterocycles. The molecule has 0 atom stereocenters. The maximum atomic E-state index is 12.8. The number of nitriles is 1. The number of methoxy groups -OCH3 is 3. The number of ether oxygens (including phenoxy) is 3. The number of aryl methyl sites for hydroxylation is 1. The summed E-state index contributed by atoms with van der Waals surface area (Å²) in [6.07, 6.45) is 4.34. The van der Waals surface area contributed by atoms with Gasteiger partial charge >= 0.3 is 0 Å². The molecule has 2 heterocycles. The second-order valence-electron chi connectivity index (χ2n) is 7.53. The van der Waals surface area contributed by atoms with Gasteiger partial charge in [0.15, 0.2) is 23.1 Å². The lowest BCUT2D eigenvalue weighted by Crippen LogP contribution is -2.14. The number of carbonyl (C=O) groups is 1. The summed E-state index contributed by atoms with van der Waals surface area (Å²) in [4.78, 5) is 17.4. The highest BCUT2D eigenvalue weighted by Gasteiger charge is 2.17. The number of benzene rings is 2. The average Bonchev–Trinajstić information content (AvgIpc) is 3.29. The molecule has 0 saturated heterocycles. The van der Waals surface area contributed by atoms with E-state index < -0.39 is 5.91 Å². The molecule has 9 heteroatoms. The van der Waals surface area contributed by atoms with Gasteiger partial charge in [-0.2, -0.15) is 15.0 Å². The first-order chi connectivity index (χ1) is 17.0. The van der Waals surface area contributed by atoms with Gasteiger partial charge in [0.2, 0.25) is 11.7 Å². The SMILES string of the molecule is COc1cc(/C=C/C(=O)Nc2c(C#N)cnn2-c2cc(C)c3ccccc3n2)cc(OC)c1OC. The van der Waals surface area contributed by atoms with Crippen LogP contribution < -0.4 is 19.5 Å². The summed E-state index contributed by atoms with van der Waals surface area (Å²) < 4.78 is 17.5. The predicted octanol–water partition coefficient (Wildman–Crippen LogP) is 4.28. The number of hydrogen-bond acceptors (Lipinski definition) is 7. The van der Waals surface area contributed by atoms with Crippen molar-refractivity contribution in [3.8, 4) is 29.1 Å². The van der Waals surface area contributed by atoms with Crippen LogP contribution in [-0.4, -0.2) is 42.0 Å². The summed E-state index contributed by atoms with van der Waals surface area (Å²) in [6, 6.07) is 15.1. The zero-order valence-corrected chi connectivity index (χ0v) is 19.7. The molecule has 0 aliphatic rings. The van der Waals surface area contributed by atoms with Gasteiger partial charge in [-0.05, 0) is 48.4 Å². The first-order valence-corrected chi connectivity index (χ1v) is 10.6. The van der Waals surface area contributed by atoms with Crippen molar-refractivity contribution >= 4 is 28.7 Å². The zero-order valence-electron chi connectivity index (χ0n) is 19.7. The Labute approximate surface area is 202 Å². The van der Waals surface area contributed by atoms with Crippen molar-refractivity contribution in [2.75, 3.05) is 26.6 Å². The van der Waals surface area contributed by atoms with Crippen LogP contribution in [0.15, 0.2) is 54.7 Å². The third-order valence-electron chi connectivity index (χ3n) is 5.37. The number of para-hydroxylation sites is 1. The lowest BCUT2D eigenvalue weighted by Gasteiger charge is -2.13. The quantitative estimate of drug-likeness (QED) is 0.402. The van der Waals surface area contributed by atoms with E-state index in [1.54, 1.807) is 18.2 Å². The molecule has 0 saturated carbocycles. The Hall–Kier alpha value is -4.84. The standard InChI is InChI=1S/C26H23N5O4/c1-16-11-23(29-20-8-6-5-7-19(16)20)31-26(18(14-27)15-28-31)30-24(32)10-9-17-12-21(33-2)25(35-4)22(13-17)34-3/h5-13,15H,1-4H3,(H,30,32)/b10-9+. The molecule has 176 valence electrons. The second kappa shape index (κ2) is 9.97. The smallest absolute Gasteiger partial charge is 0.249 e. The summed E-state index contributed by atoms with van der Waals surface area (Å²) >= 11 is 0. The summed E-state index contributed by atoms with van der Waals surface area (Å²) in [7, 11) is 4.56. The number of fused-ring (bicyclic) bond motifs is 1. The molecular formula is C26H23N5O4. The molecule has 0 aliphatic carbocycles. The highest BCUT2D eigenvalue weighted by molar-refractivity contribution is 6.02. The van der Waals surface area contributed by atoms with Crippen LogP contribution in [0.1, 0.15) is 16.7 Å². The molecule has 0 unspecified atom stereocenters. The molecule has 0 fully saturated rings. The van der Waals surface area contributed by atoms with Gasteiger partial charge in [-0.1, -0.05) is 18.2 Å². The van der Waals surface area contributed by atoms with Crippen molar-refractivity contribution < 1.29 is 19.0 Å². The Morgan fingerprint density at radius 3 is 2.46 bits per heavy atom. The number of carbonyl (C=O) groups excluding carboxylic acids is 1. The van der Waals surface area contributed by atoms with Crippen molar-refractivity contribution in [3.05, 3.63) is 71.4 Å². The molecule has 4 aromatic rings. The third kappa shape index (κ3) is 4.63. The molecule has 0 spiro atoms. The molecule has 9 nitrogen and oxygen atoms in total. The Morgan fingerprint density at radius 1 is 1.09 bits per heavy atom. The van der Waals surface area contributed by atoms with Gasteiger partial charge in [0.25, 0.3) is 0 Å². The number of rotatable bonds is 7. The minimum Gasteiger partial charge on any atom is -0.493 e. The number of anilines is 1. The first kappa shape index (κ1) is 23.3. The van der Waals surface area contributed by atoms with Crippen molar-refractivity contribution in [2.24, 2.45) is 0 Å². The lowest BCUT2D eigenvalue weighted by molar-refractivity contribution is -0.111. The van der Waals surface area contributed by atoms with E-state index in [9.17, 15) is 10.1 Å². The normalized spacial score (nSPS) is 10.8. The van der Waals surface area contributed by atoms with Crippen LogP contribution in [0.4, 0.5) is 5.82 Å². The van der Waals surface area contributed by atoms with E-state index in [0.717, 1.165) is 16.5 Å². The third-order valence-corrected chi connectivity index (χ3v) is 5.37. The maximum absolute atomic E-state index is 12.8. The van der Waals surface area contributed by atoms with Gasteiger partial charge in [0.1, 0.15) is 11.6 Å². The van der Waals surface area contributed by atoms with Gasteiger partial charge in [-0.15, -0.1) is 0 Å². The molecule has 2 aromatic heterocycles. The zero-order chi connectivity index (χ0) is 24.9. The van der Waals surface area contributed by atoms with Crippen LogP contribution in [0.25, 0.3) is 22.8 Å². The molecule has 0 radical (unpaired) electrons. The Morgan fingerprint density at radius 2 is 1.80 bits per heavy atom. The highest BCUT2D eigenvalue weighted by Crippen LogP contribution is 2.38. The number of aromatic nitrogens is 3. The van der Waals surface area contributed by atoms with E-state index in [-0.39, 0.29) is 11.4 Å². The van der Waals surface area contributed by atoms with Crippen LogP contribution in [0, 0.1) is 18.3 Å². The fourth-order valence-corrected chi connectivity index (χ4v) is 3.69. The molecule has 0 bridgehead atoms. The topological polar surface area (TPSA) is 111 Å². The predicted molar refractivity (Wildman–Crippen MR) is 132 cm³/mol. The summed E-state index contributed by atoms with van der Waals surface area (Å²) in [6.45, 7) is 1.97. The van der Waals surface area contributed by atoms with Gasteiger partial charge < -0.3 is 19.5 Å². The Balaban J connectivity index is 1.65. The summed E-state index contributed by atoms with van der Waals surface area (Å²) in [5.41, 5.74) is 2.66. The number of pyridine rings is 1. The minimum atomic E-state index is -0.450. The monoisotopic (exact) mass is 469 g/mol. The van der Waals surface area contributed by atoms with E-state index >= 15 is 0 Å². The van der Waals surface area contributed by atoms with E-state index in [0.29, 0.717) is 28.6 Å². The fourth-order valence-electron chi connectivity index (χ4n) is 3.69. The molecular weight excluding hydrogens is 446 g/mol. The van der Waals surface area contributed by atoms with Crippen LogP contribution in [0.2, 0.25) is 0 Å². The number of amides is 1. The average molecular weight is 470 g/mol. The molecule has 4 rings (SSSR count). The van der Waals surface area contributed by atoms with Crippen molar-refractivity contribution in [1.29, 1.82) is 5.26 Å². The van der Waals surface area contributed by atoms with Gasteiger partial charge in [0.05, 0.1) is 33.0 Å². The van der Waals surface area contributed by atoms with Crippen LogP contribution in [0.3, 0.4) is 0 Å². The number of hydrogen-bond donors (Lipinski definition) is 1. The summed E-state index contributed by atoms with van der Waals surface area (Å²) in [5, 5.41) is 17.6. The van der Waals surface area contributed by atoms with Gasteiger partial charge in [-0.3, -0.25) is 4.79 Å². The first-order valence-electron chi connectivity index (χ1n) is 10.6. The van der Waals surface area contributed by atoms with Gasteiger partial charge in [0, 0.05) is 11.5 Å². The second-order valence-corrected chi connectivity index (χ2v) is 7.53. The van der Waals surface area contributed by atoms with E-state index in [1.807, 2.05) is 37.3 Å². The maximum Gasteiger partial charge on any atom is 0.249 e. The van der Waals surface area contributed by atoms with Gasteiger partial charge in [-0.25, -0.2) is 4.98 Å². The molecule has 35 heavy (non-hydrogen) atoms. The minimum absolute atomic E-state index is 0.215. The lowest BCUT2D eigenvalue weighted by atomic mass is 10.1. The Bertz CT molecular complexity index is 1460. The van der Waals surface area contributed by atoms with Crippen molar-refractivity contribution in [3.63, 3.8) is 0 Å².